The predicted molar refractivity (Wildman–Crippen MR) is 72.8 cm³/mol. The van der Waals surface area contributed by atoms with Crippen LogP contribution in [0.25, 0.3) is 0 Å². The van der Waals surface area contributed by atoms with Gasteiger partial charge in [0.25, 0.3) is 0 Å². The third-order valence-electron chi connectivity index (χ3n) is 3.15. The minimum absolute atomic E-state index is 0.0880. The first-order valence-electron chi connectivity index (χ1n) is 6.46. The largest absolute Gasteiger partial charge is 0.395 e. The molecule has 0 aliphatic heterocycles. The maximum absolute atomic E-state index is 13.9. The second-order valence-corrected chi connectivity index (χ2v) is 6.63. The van der Waals surface area contributed by atoms with E-state index in [0.29, 0.717) is 12.5 Å². The monoisotopic (exact) mass is 315 g/mol. The van der Waals surface area contributed by atoms with Crippen molar-refractivity contribution < 1.29 is 22.3 Å². The maximum Gasteiger partial charge on any atom is 0.245 e. The summed E-state index contributed by atoms with van der Waals surface area (Å²) in [5, 5.41) is 8.66. The summed E-state index contributed by atoms with van der Waals surface area (Å²) in [7, 11) is -4.10. The van der Waals surface area contributed by atoms with Gasteiger partial charge >= 0.3 is 0 Å². The lowest BCUT2D eigenvalue weighted by Crippen LogP contribution is -2.28. The summed E-state index contributed by atoms with van der Waals surface area (Å²) in [5.41, 5.74) is -0.248. The van der Waals surface area contributed by atoms with Gasteiger partial charge in [-0.25, -0.2) is 21.9 Å². The minimum atomic E-state index is -4.10. The molecule has 0 radical (unpaired) electrons. The smallest absolute Gasteiger partial charge is 0.245 e. The van der Waals surface area contributed by atoms with E-state index in [2.05, 4.69) is 16.6 Å². The zero-order valence-corrected chi connectivity index (χ0v) is 12.2. The van der Waals surface area contributed by atoms with Gasteiger partial charge in [-0.1, -0.05) is 18.8 Å². The van der Waals surface area contributed by atoms with E-state index in [9.17, 15) is 17.2 Å². The van der Waals surface area contributed by atoms with Gasteiger partial charge in [0.15, 0.2) is 0 Å². The van der Waals surface area contributed by atoms with E-state index in [1.165, 1.54) is 0 Å². The number of aliphatic hydroxyl groups excluding tert-OH is 1. The molecule has 0 bridgehead atoms. The SMILES string of the molecule is CC1CC1NS(=O)(=O)c1c(F)cc(F)cc1C#CCCO. The molecular formula is C14H15F2NO3S. The van der Waals surface area contributed by atoms with Crippen molar-refractivity contribution in [3.05, 3.63) is 29.3 Å². The van der Waals surface area contributed by atoms with Crippen molar-refractivity contribution in [3.8, 4) is 11.8 Å². The molecule has 0 aromatic heterocycles. The summed E-state index contributed by atoms with van der Waals surface area (Å²) in [6.45, 7) is 1.65. The first-order valence-corrected chi connectivity index (χ1v) is 7.94. The lowest BCUT2D eigenvalue weighted by atomic mass is 10.2. The number of nitrogens with one attached hydrogen (secondary N) is 1. The van der Waals surface area contributed by atoms with Crippen LogP contribution in [0.2, 0.25) is 0 Å². The van der Waals surface area contributed by atoms with Crippen molar-refractivity contribution in [1.29, 1.82) is 0 Å². The third-order valence-corrected chi connectivity index (χ3v) is 4.72. The third kappa shape index (κ3) is 3.79. The van der Waals surface area contributed by atoms with Crippen LogP contribution in [-0.2, 0) is 10.0 Å². The first-order chi connectivity index (χ1) is 9.85. The molecule has 0 amide bonds. The highest BCUT2D eigenvalue weighted by Gasteiger charge is 2.38. The van der Waals surface area contributed by atoms with Crippen LogP contribution in [0, 0.1) is 29.4 Å². The van der Waals surface area contributed by atoms with Crippen LogP contribution < -0.4 is 4.72 Å². The lowest BCUT2D eigenvalue weighted by Gasteiger charge is -2.09. The van der Waals surface area contributed by atoms with Gasteiger partial charge in [-0.2, -0.15) is 0 Å². The Bertz CT molecular complexity index is 707. The van der Waals surface area contributed by atoms with Crippen LogP contribution in [-0.4, -0.2) is 26.2 Å². The molecule has 0 heterocycles. The van der Waals surface area contributed by atoms with Crippen molar-refractivity contribution in [2.24, 2.45) is 5.92 Å². The number of halogens is 2. The number of rotatable bonds is 4. The Morgan fingerprint density at radius 1 is 1.43 bits per heavy atom. The van der Waals surface area contributed by atoms with Gasteiger partial charge in [-0.05, 0) is 18.4 Å². The van der Waals surface area contributed by atoms with Crippen molar-refractivity contribution in [1.82, 2.24) is 4.72 Å². The summed E-state index contributed by atoms with van der Waals surface area (Å²) in [6, 6.07) is 1.16. The zero-order valence-electron chi connectivity index (χ0n) is 11.4. The number of sulfonamides is 1. The number of benzene rings is 1. The summed E-state index contributed by atoms with van der Waals surface area (Å²) in [4.78, 5) is -0.645. The molecule has 2 rings (SSSR count). The highest BCUT2D eigenvalue weighted by Crippen LogP contribution is 2.31. The van der Waals surface area contributed by atoms with E-state index in [1.54, 1.807) is 0 Å². The molecule has 2 unspecified atom stereocenters. The van der Waals surface area contributed by atoms with Gasteiger partial charge in [0, 0.05) is 18.5 Å². The van der Waals surface area contributed by atoms with Gasteiger partial charge in [0.05, 0.1) is 12.2 Å². The van der Waals surface area contributed by atoms with E-state index in [0.717, 1.165) is 6.07 Å². The topological polar surface area (TPSA) is 66.4 Å². The van der Waals surface area contributed by atoms with Gasteiger partial charge in [0.2, 0.25) is 10.0 Å². The van der Waals surface area contributed by atoms with E-state index < -0.39 is 26.6 Å². The average Bonchev–Trinajstić information content (AvgIpc) is 3.02. The fourth-order valence-electron chi connectivity index (χ4n) is 1.88. The Hall–Kier alpha value is -1.49. The van der Waals surface area contributed by atoms with E-state index >= 15 is 0 Å². The van der Waals surface area contributed by atoms with E-state index in [4.69, 9.17) is 5.11 Å². The Labute approximate surface area is 122 Å². The van der Waals surface area contributed by atoms with Crippen LogP contribution in [0.5, 0.6) is 0 Å². The first kappa shape index (κ1) is 15.9. The number of hydrogen-bond acceptors (Lipinski definition) is 3. The molecule has 7 heteroatoms. The van der Waals surface area contributed by atoms with Crippen LogP contribution >= 0.6 is 0 Å². The quantitative estimate of drug-likeness (QED) is 0.825. The summed E-state index contributed by atoms with van der Waals surface area (Å²) in [5.74, 6) is 2.99. The molecule has 114 valence electrons. The highest BCUT2D eigenvalue weighted by atomic mass is 32.2. The molecule has 0 spiro atoms. The Kier molecular flexibility index (Phi) is 4.61. The molecule has 4 nitrogen and oxygen atoms in total. The molecule has 1 saturated carbocycles. The second kappa shape index (κ2) is 6.10. The van der Waals surface area contributed by atoms with Crippen molar-refractivity contribution in [2.75, 3.05) is 6.61 Å². The summed E-state index contributed by atoms with van der Waals surface area (Å²) in [6.07, 6.45) is 0.776. The molecule has 1 aliphatic carbocycles. The van der Waals surface area contributed by atoms with Crippen LogP contribution in [0.3, 0.4) is 0 Å². The van der Waals surface area contributed by atoms with Gasteiger partial charge in [-0.3, -0.25) is 0 Å². The number of aliphatic hydroxyl groups is 1. The lowest BCUT2D eigenvalue weighted by molar-refractivity contribution is 0.305. The highest BCUT2D eigenvalue weighted by molar-refractivity contribution is 7.89. The molecule has 1 aliphatic rings. The normalized spacial score (nSPS) is 20.8. The van der Waals surface area contributed by atoms with E-state index in [-0.39, 0.29) is 30.6 Å². The Morgan fingerprint density at radius 3 is 2.67 bits per heavy atom. The molecule has 21 heavy (non-hydrogen) atoms. The standard InChI is InChI=1S/C14H15F2NO3S/c1-9-6-13(9)17-21(19,20)14-10(4-2-3-5-18)7-11(15)8-12(14)16/h7-9,13,17-18H,3,5-6H2,1H3. The van der Waals surface area contributed by atoms with Crippen molar-refractivity contribution in [2.45, 2.75) is 30.7 Å². The van der Waals surface area contributed by atoms with Crippen molar-refractivity contribution in [3.63, 3.8) is 0 Å². The van der Waals surface area contributed by atoms with Crippen molar-refractivity contribution >= 4 is 10.0 Å². The molecule has 1 aromatic rings. The maximum atomic E-state index is 13.9. The van der Waals surface area contributed by atoms with Gasteiger partial charge in [-0.15, -0.1) is 0 Å². The van der Waals surface area contributed by atoms with Crippen LogP contribution in [0.1, 0.15) is 25.3 Å². The average molecular weight is 315 g/mol. The molecule has 2 N–H and O–H groups in total. The Balaban J connectivity index is 2.44. The predicted octanol–water partition coefficient (Wildman–Crippen LogP) is 1.39. The zero-order chi connectivity index (χ0) is 15.6. The van der Waals surface area contributed by atoms with E-state index in [1.807, 2.05) is 6.92 Å². The fraction of sp³-hybridized carbons (Fsp3) is 0.429. The molecule has 1 aromatic carbocycles. The minimum Gasteiger partial charge on any atom is -0.395 e. The molecule has 2 atom stereocenters. The van der Waals surface area contributed by atoms with Crippen LogP contribution in [0.15, 0.2) is 17.0 Å². The molecule has 0 saturated heterocycles. The molecular weight excluding hydrogens is 300 g/mol. The summed E-state index contributed by atoms with van der Waals surface area (Å²) < 4.78 is 54.0. The fourth-order valence-corrected chi connectivity index (χ4v) is 3.44. The van der Waals surface area contributed by atoms with Crippen LogP contribution in [0.4, 0.5) is 8.78 Å². The van der Waals surface area contributed by atoms with Gasteiger partial charge in [0.1, 0.15) is 16.5 Å². The Morgan fingerprint density at radius 2 is 2.10 bits per heavy atom. The molecule has 1 fully saturated rings. The van der Waals surface area contributed by atoms with Gasteiger partial charge < -0.3 is 5.11 Å². The second-order valence-electron chi connectivity index (χ2n) is 4.98. The summed E-state index contributed by atoms with van der Waals surface area (Å²) >= 11 is 0. The number of hydrogen-bond donors (Lipinski definition) is 2.